The van der Waals surface area contributed by atoms with E-state index in [1.807, 2.05) is 0 Å². The van der Waals surface area contributed by atoms with Crippen molar-refractivity contribution in [1.82, 2.24) is 9.47 Å². The van der Waals surface area contributed by atoms with E-state index in [1.165, 1.54) is 34.8 Å². The quantitative estimate of drug-likeness (QED) is 0.591. The van der Waals surface area contributed by atoms with Gasteiger partial charge in [-0.05, 0) is 31.4 Å². The van der Waals surface area contributed by atoms with Crippen molar-refractivity contribution < 1.29 is 9.53 Å². The highest BCUT2D eigenvalue weighted by Gasteiger charge is 2.43. The average Bonchev–Trinajstić information content (AvgIpc) is 2.88. The lowest BCUT2D eigenvalue weighted by atomic mass is 9.79. The summed E-state index contributed by atoms with van der Waals surface area (Å²) in [6.07, 6.45) is 6.27. The van der Waals surface area contributed by atoms with Crippen LogP contribution < -0.4 is 0 Å². The van der Waals surface area contributed by atoms with Crippen molar-refractivity contribution in [3.8, 4) is 0 Å². The zero-order chi connectivity index (χ0) is 17.1. The normalized spacial score (nSPS) is 26.5. The van der Waals surface area contributed by atoms with E-state index in [2.05, 4.69) is 52.9 Å². The molecule has 0 aliphatic carbocycles. The number of esters is 1. The van der Waals surface area contributed by atoms with Gasteiger partial charge < -0.3 is 9.30 Å². The highest BCUT2D eigenvalue weighted by Crippen LogP contribution is 2.48. The fourth-order valence-electron chi connectivity index (χ4n) is 5.03. The molecule has 1 fully saturated rings. The van der Waals surface area contributed by atoms with Crippen molar-refractivity contribution in [2.75, 3.05) is 20.2 Å². The van der Waals surface area contributed by atoms with Gasteiger partial charge in [0.25, 0.3) is 0 Å². The third-order valence-corrected chi connectivity index (χ3v) is 6.19. The summed E-state index contributed by atoms with van der Waals surface area (Å²) in [7, 11) is 1.48. The second-order valence-electron chi connectivity index (χ2n) is 7.22. The van der Waals surface area contributed by atoms with Crippen LogP contribution in [0.1, 0.15) is 30.6 Å². The van der Waals surface area contributed by atoms with E-state index in [9.17, 15) is 4.79 Å². The Balaban J connectivity index is 1.85. The number of hydrogen-bond acceptors (Lipinski definition) is 3. The van der Waals surface area contributed by atoms with Crippen LogP contribution in [0, 0.1) is 5.92 Å². The van der Waals surface area contributed by atoms with Gasteiger partial charge in [0, 0.05) is 36.3 Å². The molecular formula is C21H22N2O2. The number of ether oxygens (including phenoxy) is 1. The van der Waals surface area contributed by atoms with Gasteiger partial charge in [-0.2, -0.15) is 0 Å². The highest BCUT2D eigenvalue weighted by atomic mass is 16.5. The van der Waals surface area contributed by atoms with Gasteiger partial charge in [-0.15, -0.1) is 0 Å². The number of carbonyl (C=O) groups is 1. The minimum atomic E-state index is -0.206. The summed E-state index contributed by atoms with van der Waals surface area (Å²) >= 11 is 0. The number of piperidine rings is 1. The van der Waals surface area contributed by atoms with Gasteiger partial charge in [0.05, 0.1) is 24.2 Å². The maximum atomic E-state index is 12.6. The summed E-state index contributed by atoms with van der Waals surface area (Å²) < 4.78 is 7.41. The Morgan fingerprint density at radius 2 is 2.16 bits per heavy atom. The lowest BCUT2D eigenvalue weighted by molar-refractivity contribution is -0.136. The minimum Gasteiger partial charge on any atom is -0.466 e. The standard InChI is InChI=1S/C21H22N2O2/c1-3-13-11-22-9-8-15-14-6-4-5-7-18(14)23-12-17(21(24)25-2)16(13)10-19(22)20(15)23/h3-7,12,16,19H,8-11H2,1-2H3/b13-3-/t16-,19-/m0/s1. The van der Waals surface area contributed by atoms with Gasteiger partial charge in [0.15, 0.2) is 0 Å². The summed E-state index contributed by atoms with van der Waals surface area (Å²) in [5.41, 5.74) is 6.17. The number of nitrogens with zero attached hydrogens (tertiary/aromatic N) is 2. The van der Waals surface area contributed by atoms with Crippen LogP contribution in [-0.2, 0) is 16.0 Å². The number of hydrogen-bond donors (Lipinski definition) is 0. The predicted octanol–water partition coefficient (Wildman–Crippen LogP) is 3.53. The second kappa shape index (κ2) is 5.33. The molecule has 1 saturated heterocycles. The average molecular weight is 334 g/mol. The van der Waals surface area contributed by atoms with E-state index >= 15 is 0 Å². The van der Waals surface area contributed by atoms with Gasteiger partial charge >= 0.3 is 5.97 Å². The molecule has 4 nitrogen and oxygen atoms in total. The SMILES string of the molecule is C/C=C1/CN2CCc3c4n(c5ccccc35)C=C(C(=O)OC)[C@H]1C[C@@H]42. The third kappa shape index (κ3) is 1.94. The molecule has 0 spiro atoms. The van der Waals surface area contributed by atoms with Crippen LogP contribution in [0.5, 0.6) is 0 Å². The number of rotatable bonds is 1. The molecule has 4 heterocycles. The lowest BCUT2D eigenvalue weighted by Gasteiger charge is -2.43. The van der Waals surface area contributed by atoms with Crippen molar-refractivity contribution in [1.29, 1.82) is 0 Å². The third-order valence-electron chi connectivity index (χ3n) is 6.19. The number of methoxy groups -OCH3 is 1. The Morgan fingerprint density at radius 3 is 2.96 bits per heavy atom. The molecule has 5 rings (SSSR count). The van der Waals surface area contributed by atoms with Crippen LogP contribution in [0.4, 0.5) is 0 Å². The predicted molar refractivity (Wildman–Crippen MR) is 98.1 cm³/mol. The molecule has 1 aromatic heterocycles. The second-order valence-corrected chi connectivity index (χ2v) is 7.22. The van der Waals surface area contributed by atoms with Gasteiger partial charge in [-0.25, -0.2) is 4.79 Å². The molecule has 0 saturated carbocycles. The number of aromatic nitrogens is 1. The molecule has 1 aromatic carbocycles. The van der Waals surface area contributed by atoms with E-state index in [1.54, 1.807) is 0 Å². The smallest absolute Gasteiger partial charge is 0.335 e. The molecule has 2 atom stereocenters. The first-order valence-corrected chi connectivity index (χ1v) is 9.03. The minimum absolute atomic E-state index is 0.156. The Hall–Kier alpha value is -2.33. The number of benzene rings is 1. The molecule has 4 heteroatoms. The van der Waals surface area contributed by atoms with Crippen molar-refractivity contribution in [3.05, 3.63) is 52.7 Å². The van der Waals surface area contributed by atoms with Crippen molar-refractivity contribution in [3.63, 3.8) is 0 Å². The van der Waals surface area contributed by atoms with E-state index in [0.717, 1.165) is 31.5 Å². The maximum Gasteiger partial charge on any atom is 0.335 e. The Kier molecular flexibility index (Phi) is 3.19. The maximum absolute atomic E-state index is 12.6. The van der Waals surface area contributed by atoms with E-state index < -0.39 is 0 Å². The zero-order valence-corrected chi connectivity index (χ0v) is 14.7. The first kappa shape index (κ1) is 15.0. The Labute approximate surface area is 147 Å². The molecule has 0 unspecified atom stereocenters. The molecular weight excluding hydrogens is 312 g/mol. The molecule has 0 radical (unpaired) electrons. The lowest BCUT2D eigenvalue weighted by Crippen LogP contribution is -2.43. The van der Waals surface area contributed by atoms with Crippen LogP contribution in [0.2, 0.25) is 0 Å². The Morgan fingerprint density at radius 1 is 1.32 bits per heavy atom. The number of carbonyl (C=O) groups excluding carboxylic acids is 1. The summed E-state index contributed by atoms with van der Waals surface area (Å²) in [4.78, 5) is 15.2. The molecule has 3 aliphatic rings. The van der Waals surface area contributed by atoms with Crippen LogP contribution in [0.25, 0.3) is 17.1 Å². The van der Waals surface area contributed by atoms with Crippen LogP contribution in [0.15, 0.2) is 41.5 Å². The fourth-order valence-corrected chi connectivity index (χ4v) is 5.03. The summed E-state index contributed by atoms with van der Waals surface area (Å²) in [6, 6.07) is 8.94. The Bertz CT molecular complexity index is 950. The van der Waals surface area contributed by atoms with Gasteiger partial charge in [-0.1, -0.05) is 29.8 Å². The first-order valence-electron chi connectivity index (χ1n) is 9.03. The summed E-state index contributed by atoms with van der Waals surface area (Å²) in [5, 5.41) is 1.33. The van der Waals surface area contributed by atoms with Crippen LogP contribution in [-0.4, -0.2) is 35.6 Å². The van der Waals surface area contributed by atoms with Gasteiger partial charge in [0.2, 0.25) is 0 Å². The molecule has 3 aliphatic heterocycles. The van der Waals surface area contributed by atoms with Gasteiger partial charge in [-0.3, -0.25) is 4.90 Å². The summed E-state index contributed by atoms with van der Waals surface area (Å²) in [5.74, 6) is -0.0497. The molecule has 0 N–H and O–H groups in total. The van der Waals surface area contributed by atoms with Gasteiger partial charge in [0.1, 0.15) is 0 Å². The van der Waals surface area contributed by atoms with Crippen LogP contribution in [0.3, 0.4) is 0 Å². The molecule has 2 bridgehead atoms. The number of fused-ring (bicyclic) bond motifs is 4. The van der Waals surface area contributed by atoms with E-state index in [-0.39, 0.29) is 11.9 Å². The number of allylic oxidation sites excluding steroid dienone is 1. The monoisotopic (exact) mass is 334 g/mol. The molecule has 25 heavy (non-hydrogen) atoms. The fraction of sp³-hybridized carbons (Fsp3) is 0.381. The zero-order valence-electron chi connectivity index (χ0n) is 14.7. The topological polar surface area (TPSA) is 34.5 Å². The van der Waals surface area contributed by atoms with Crippen LogP contribution >= 0.6 is 0 Å². The first-order chi connectivity index (χ1) is 12.2. The van der Waals surface area contributed by atoms with E-state index in [4.69, 9.17) is 4.74 Å². The van der Waals surface area contributed by atoms with Crippen molar-refractivity contribution in [2.45, 2.75) is 25.8 Å². The van der Waals surface area contributed by atoms with E-state index in [0.29, 0.717) is 6.04 Å². The van der Waals surface area contributed by atoms with Crippen molar-refractivity contribution in [2.24, 2.45) is 5.92 Å². The van der Waals surface area contributed by atoms with Crippen molar-refractivity contribution >= 4 is 23.1 Å². The number of para-hydroxylation sites is 1. The summed E-state index contributed by atoms with van der Waals surface area (Å²) in [6.45, 7) is 4.12. The molecule has 2 aromatic rings. The largest absolute Gasteiger partial charge is 0.466 e. The molecule has 128 valence electrons. The molecule has 0 amide bonds. The highest BCUT2D eigenvalue weighted by molar-refractivity contribution is 5.96.